The summed E-state index contributed by atoms with van der Waals surface area (Å²) in [7, 11) is 0. The summed E-state index contributed by atoms with van der Waals surface area (Å²) < 4.78 is 13.9. The Balaban J connectivity index is 1.87. The molecule has 0 spiro atoms. The molecule has 1 aromatic heterocycles. The maximum Gasteiger partial charge on any atom is 0.267 e. The largest absolute Gasteiger partial charge is 0.321 e. The zero-order valence-corrected chi connectivity index (χ0v) is 14.5. The van der Waals surface area contributed by atoms with E-state index >= 15 is 0 Å². The molecule has 1 heterocycles. The predicted octanol–water partition coefficient (Wildman–Crippen LogP) is 4.71. The fourth-order valence-corrected chi connectivity index (χ4v) is 3.35. The lowest BCUT2D eigenvalue weighted by molar-refractivity contribution is 0.101. The first-order chi connectivity index (χ1) is 12.0. The first kappa shape index (κ1) is 17.0. The molecule has 0 atom stereocenters. The molecule has 25 heavy (non-hydrogen) atoms. The number of nitrogens with zero attached hydrogens (tertiary/aromatic N) is 1. The Labute approximate surface area is 148 Å². The van der Waals surface area contributed by atoms with Crippen LogP contribution in [-0.2, 0) is 0 Å². The number of halogens is 1. The van der Waals surface area contributed by atoms with Crippen LogP contribution in [0.15, 0.2) is 48.5 Å². The summed E-state index contributed by atoms with van der Waals surface area (Å²) in [6, 6.07) is 13.0. The summed E-state index contributed by atoms with van der Waals surface area (Å²) in [5.41, 5.74) is 1.94. The number of anilines is 1. The van der Waals surface area contributed by atoms with Crippen molar-refractivity contribution in [1.29, 1.82) is 0 Å². The van der Waals surface area contributed by atoms with Crippen molar-refractivity contribution in [3.8, 4) is 10.6 Å². The van der Waals surface area contributed by atoms with E-state index in [2.05, 4.69) is 10.3 Å². The average Bonchev–Trinajstić information content (AvgIpc) is 2.97. The molecule has 0 aliphatic rings. The maximum atomic E-state index is 13.9. The molecule has 2 aromatic carbocycles. The number of rotatable bonds is 4. The van der Waals surface area contributed by atoms with Crippen LogP contribution in [0.5, 0.6) is 0 Å². The van der Waals surface area contributed by atoms with Gasteiger partial charge in [0.25, 0.3) is 5.91 Å². The van der Waals surface area contributed by atoms with Crippen LogP contribution in [0, 0.1) is 12.7 Å². The molecular weight excluding hydrogens is 339 g/mol. The van der Waals surface area contributed by atoms with Crippen LogP contribution in [0.4, 0.5) is 10.1 Å². The molecule has 3 aromatic rings. The van der Waals surface area contributed by atoms with Crippen molar-refractivity contribution in [2.45, 2.75) is 13.8 Å². The molecule has 0 fully saturated rings. The zero-order chi connectivity index (χ0) is 18.0. The Kier molecular flexibility index (Phi) is 4.72. The molecule has 0 radical (unpaired) electrons. The minimum atomic E-state index is -0.377. The number of carbonyl (C=O) groups is 2. The van der Waals surface area contributed by atoms with Gasteiger partial charge in [-0.2, -0.15) is 0 Å². The second-order valence-corrected chi connectivity index (χ2v) is 6.50. The van der Waals surface area contributed by atoms with E-state index in [0.29, 0.717) is 32.4 Å². The highest BCUT2D eigenvalue weighted by atomic mass is 32.1. The number of ketones is 1. The Morgan fingerprint density at radius 2 is 1.88 bits per heavy atom. The lowest BCUT2D eigenvalue weighted by atomic mass is 10.1. The van der Waals surface area contributed by atoms with Gasteiger partial charge >= 0.3 is 0 Å². The summed E-state index contributed by atoms with van der Waals surface area (Å²) in [5, 5.41) is 3.22. The van der Waals surface area contributed by atoms with Gasteiger partial charge in [-0.05, 0) is 38.1 Å². The van der Waals surface area contributed by atoms with E-state index in [9.17, 15) is 14.0 Å². The Morgan fingerprint density at radius 1 is 1.12 bits per heavy atom. The van der Waals surface area contributed by atoms with E-state index in [1.807, 2.05) is 0 Å². The van der Waals surface area contributed by atoms with Crippen molar-refractivity contribution < 1.29 is 14.0 Å². The molecule has 3 rings (SSSR count). The Bertz CT molecular complexity index is 966. The molecule has 0 saturated heterocycles. The average molecular weight is 354 g/mol. The van der Waals surface area contributed by atoms with E-state index < -0.39 is 0 Å². The molecule has 0 unspecified atom stereocenters. The molecule has 1 amide bonds. The highest BCUT2D eigenvalue weighted by molar-refractivity contribution is 7.17. The lowest BCUT2D eigenvalue weighted by Crippen LogP contribution is -2.11. The molecule has 0 aliphatic carbocycles. The van der Waals surface area contributed by atoms with Crippen molar-refractivity contribution in [2.75, 3.05) is 5.32 Å². The number of aromatic nitrogens is 1. The van der Waals surface area contributed by atoms with Gasteiger partial charge in [0.1, 0.15) is 15.7 Å². The molecule has 0 aliphatic heterocycles. The van der Waals surface area contributed by atoms with Gasteiger partial charge in [0, 0.05) is 16.8 Å². The fraction of sp³-hybridized carbons (Fsp3) is 0.105. The van der Waals surface area contributed by atoms with Crippen LogP contribution in [0.25, 0.3) is 10.6 Å². The second kappa shape index (κ2) is 6.94. The van der Waals surface area contributed by atoms with Crippen LogP contribution >= 0.6 is 11.3 Å². The molecule has 4 nitrogen and oxygen atoms in total. The van der Waals surface area contributed by atoms with E-state index in [-0.39, 0.29) is 17.5 Å². The summed E-state index contributed by atoms with van der Waals surface area (Å²) in [4.78, 5) is 28.7. The predicted molar refractivity (Wildman–Crippen MR) is 96.6 cm³/mol. The Hall–Kier alpha value is -2.86. The van der Waals surface area contributed by atoms with Crippen molar-refractivity contribution >= 4 is 28.7 Å². The normalized spacial score (nSPS) is 10.5. The van der Waals surface area contributed by atoms with Crippen molar-refractivity contribution in [3.05, 3.63) is 70.5 Å². The van der Waals surface area contributed by atoms with Crippen LogP contribution in [0.1, 0.15) is 32.6 Å². The number of carbonyl (C=O) groups excluding carboxylic acids is 2. The maximum absolute atomic E-state index is 13.9. The lowest BCUT2D eigenvalue weighted by Gasteiger charge is -2.05. The van der Waals surface area contributed by atoms with Gasteiger partial charge in [-0.3, -0.25) is 9.59 Å². The molecule has 6 heteroatoms. The summed E-state index contributed by atoms with van der Waals surface area (Å²) in [6.07, 6.45) is 0. The quantitative estimate of drug-likeness (QED) is 0.690. The fourth-order valence-electron chi connectivity index (χ4n) is 2.36. The number of hydrogen-bond acceptors (Lipinski definition) is 4. The van der Waals surface area contributed by atoms with Crippen LogP contribution in [-0.4, -0.2) is 16.7 Å². The highest BCUT2D eigenvalue weighted by Gasteiger charge is 2.18. The summed E-state index contributed by atoms with van der Waals surface area (Å²) >= 11 is 1.13. The van der Waals surface area contributed by atoms with E-state index in [1.54, 1.807) is 49.4 Å². The number of nitrogens with one attached hydrogen (secondary N) is 1. The second-order valence-electron chi connectivity index (χ2n) is 5.50. The molecule has 126 valence electrons. The first-order valence-electron chi connectivity index (χ1n) is 7.60. The monoisotopic (exact) mass is 354 g/mol. The number of Topliss-reactive ketones (excluding diaryl/α,β-unsaturated/α-hetero) is 1. The van der Waals surface area contributed by atoms with Crippen LogP contribution in [0.2, 0.25) is 0 Å². The topological polar surface area (TPSA) is 59.1 Å². The van der Waals surface area contributed by atoms with Gasteiger partial charge in [0.2, 0.25) is 0 Å². The minimum Gasteiger partial charge on any atom is -0.321 e. The third-order valence-corrected chi connectivity index (χ3v) is 4.82. The van der Waals surface area contributed by atoms with Crippen LogP contribution in [0.3, 0.4) is 0 Å². The third kappa shape index (κ3) is 3.64. The number of benzene rings is 2. The van der Waals surface area contributed by atoms with Crippen molar-refractivity contribution in [2.24, 2.45) is 0 Å². The smallest absolute Gasteiger partial charge is 0.267 e. The zero-order valence-electron chi connectivity index (χ0n) is 13.7. The minimum absolute atomic E-state index is 0.0769. The van der Waals surface area contributed by atoms with E-state index in [1.165, 1.54) is 13.0 Å². The molecule has 1 N–H and O–H groups in total. The van der Waals surface area contributed by atoms with E-state index in [0.717, 1.165) is 11.3 Å². The molecule has 0 bridgehead atoms. The van der Waals surface area contributed by atoms with Crippen LogP contribution < -0.4 is 5.32 Å². The number of amides is 1. The first-order valence-corrected chi connectivity index (χ1v) is 8.42. The van der Waals surface area contributed by atoms with E-state index in [4.69, 9.17) is 0 Å². The summed E-state index contributed by atoms with van der Waals surface area (Å²) in [5.74, 6) is -0.789. The number of hydrogen-bond donors (Lipinski definition) is 1. The Morgan fingerprint density at radius 3 is 2.60 bits per heavy atom. The molecular formula is C19H15FN2O2S. The van der Waals surface area contributed by atoms with Gasteiger partial charge < -0.3 is 5.32 Å². The van der Waals surface area contributed by atoms with Crippen molar-refractivity contribution in [1.82, 2.24) is 4.98 Å². The summed E-state index contributed by atoms with van der Waals surface area (Å²) in [6.45, 7) is 3.18. The SMILES string of the molecule is CC(=O)c1cccc(NC(=O)c2sc(-c3ccccc3F)nc2C)c1. The van der Waals surface area contributed by atoms with Gasteiger partial charge in [0.15, 0.2) is 5.78 Å². The van der Waals surface area contributed by atoms with Crippen molar-refractivity contribution in [3.63, 3.8) is 0 Å². The number of thiazole rings is 1. The van der Waals surface area contributed by atoms with Gasteiger partial charge in [-0.15, -0.1) is 11.3 Å². The standard InChI is InChI=1S/C19H15FN2O2S/c1-11-17(25-19(21-11)15-8-3-4-9-16(15)20)18(24)22-14-7-5-6-13(10-14)12(2)23/h3-10H,1-2H3,(H,22,24). The van der Waals surface area contributed by atoms with Gasteiger partial charge in [-0.1, -0.05) is 24.3 Å². The molecule has 0 saturated carbocycles. The third-order valence-electron chi connectivity index (χ3n) is 3.63. The van der Waals surface area contributed by atoms with Gasteiger partial charge in [0.05, 0.1) is 5.69 Å². The highest BCUT2D eigenvalue weighted by Crippen LogP contribution is 2.30. The van der Waals surface area contributed by atoms with Gasteiger partial charge in [-0.25, -0.2) is 9.37 Å². The number of aryl methyl sites for hydroxylation is 1.